The molecule has 0 aromatic rings. The fourth-order valence-electron chi connectivity index (χ4n) is 0.823. The van der Waals surface area contributed by atoms with E-state index in [0.29, 0.717) is 0 Å². The van der Waals surface area contributed by atoms with Crippen molar-refractivity contribution in [3.63, 3.8) is 0 Å². The first-order valence-electron chi connectivity index (χ1n) is 3.37. The van der Waals surface area contributed by atoms with Crippen molar-refractivity contribution in [3.05, 3.63) is 0 Å². The van der Waals surface area contributed by atoms with Gasteiger partial charge in [-0.15, -0.1) is 0 Å². The van der Waals surface area contributed by atoms with Gasteiger partial charge in [-0.25, -0.2) is 0 Å². The molecule has 50 valence electrons. The molecule has 0 nitrogen and oxygen atoms in total. The first kappa shape index (κ1) is 8.73. The van der Waals surface area contributed by atoms with Gasteiger partial charge in [0.1, 0.15) is 0 Å². The zero-order valence-electron chi connectivity index (χ0n) is 5.78. The average Bonchev–Trinajstić information content (AvgIpc) is 1.68. The maximum atomic E-state index is 2.44. The summed E-state index contributed by atoms with van der Waals surface area (Å²) in [6.07, 6.45) is 4.15. The van der Waals surface area contributed by atoms with E-state index >= 15 is 0 Å². The van der Waals surface area contributed by atoms with Crippen LogP contribution in [0.5, 0.6) is 0 Å². The Morgan fingerprint density at radius 1 is 1.38 bits per heavy atom. The summed E-state index contributed by atoms with van der Waals surface area (Å²) in [6, 6.07) is 0. The number of hydrogen-bond donors (Lipinski definition) is 0. The highest BCUT2D eigenvalue weighted by atomic mass is 127. The van der Waals surface area contributed by atoms with Crippen molar-refractivity contribution in [3.8, 4) is 0 Å². The highest BCUT2D eigenvalue weighted by molar-refractivity contribution is 14.1. The van der Waals surface area contributed by atoms with E-state index in [1.165, 1.54) is 23.7 Å². The van der Waals surface area contributed by atoms with Gasteiger partial charge in [0.25, 0.3) is 0 Å². The van der Waals surface area contributed by atoms with Crippen molar-refractivity contribution in [2.45, 2.75) is 33.1 Å². The molecule has 0 aromatic carbocycles. The predicted octanol–water partition coefficient (Wildman–Crippen LogP) is 3.25. The molecule has 1 unspecified atom stereocenters. The third-order valence-corrected chi connectivity index (χ3v) is 2.01. The Bertz CT molecular complexity index is 37.7. The van der Waals surface area contributed by atoms with Crippen molar-refractivity contribution in [2.24, 2.45) is 5.92 Å². The van der Waals surface area contributed by atoms with Crippen molar-refractivity contribution in [1.29, 1.82) is 0 Å². The molecule has 0 N–H and O–H groups in total. The Balaban J connectivity index is 2.92. The van der Waals surface area contributed by atoms with Crippen LogP contribution >= 0.6 is 22.6 Å². The lowest BCUT2D eigenvalue weighted by Gasteiger charge is -2.04. The maximum absolute atomic E-state index is 2.44. The van der Waals surface area contributed by atoms with Crippen LogP contribution in [0.3, 0.4) is 0 Å². The molecule has 0 radical (unpaired) electrons. The smallest absolute Gasteiger partial charge is 0.000219 e. The van der Waals surface area contributed by atoms with Gasteiger partial charge < -0.3 is 0 Å². The molecule has 0 saturated heterocycles. The van der Waals surface area contributed by atoms with Crippen molar-refractivity contribution in [1.82, 2.24) is 0 Å². The molecule has 0 spiro atoms. The zero-order chi connectivity index (χ0) is 6.41. The molecule has 0 aliphatic heterocycles. The van der Waals surface area contributed by atoms with E-state index in [4.69, 9.17) is 0 Å². The van der Waals surface area contributed by atoms with Crippen molar-refractivity contribution >= 4 is 22.6 Å². The summed E-state index contributed by atoms with van der Waals surface area (Å²) >= 11 is 2.44. The van der Waals surface area contributed by atoms with Crippen LogP contribution < -0.4 is 0 Å². The largest absolute Gasteiger partial charge is 0.0864 e. The molecule has 0 bridgehead atoms. The fourth-order valence-corrected chi connectivity index (χ4v) is 1.89. The number of alkyl halides is 1. The van der Waals surface area contributed by atoms with Crippen LogP contribution in [0.1, 0.15) is 33.1 Å². The molecule has 1 atom stereocenters. The molecule has 8 heavy (non-hydrogen) atoms. The van der Waals surface area contributed by atoms with Crippen molar-refractivity contribution < 1.29 is 0 Å². The summed E-state index contributed by atoms with van der Waals surface area (Å²) in [5.41, 5.74) is 0. The molecule has 0 aliphatic rings. The van der Waals surface area contributed by atoms with Gasteiger partial charge in [0.05, 0.1) is 0 Å². The molecular formula is C7H15I. The standard InChI is InChI=1S/C7H15I/c1-3-4-7(2)5-6-8/h7H,3-6H2,1-2H3. The summed E-state index contributed by atoms with van der Waals surface area (Å²) in [4.78, 5) is 0. The molecular weight excluding hydrogens is 211 g/mol. The minimum Gasteiger partial charge on any atom is -0.0864 e. The minimum atomic E-state index is 0.955. The van der Waals surface area contributed by atoms with E-state index in [-0.39, 0.29) is 0 Å². The van der Waals surface area contributed by atoms with E-state index in [0.717, 1.165) is 5.92 Å². The molecule has 0 fully saturated rings. The molecule has 0 heterocycles. The SMILES string of the molecule is CCCC(C)CCI. The zero-order valence-corrected chi connectivity index (χ0v) is 7.94. The third-order valence-electron chi connectivity index (χ3n) is 1.38. The third kappa shape index (κ3) is 4.88. The molecule has 0 aromatic heterocycles. The second-order valence-corrected chi connectivity index (χ2v) is 3.45. The quantitative estimate of drug-likeness (QED) is 0.509. The molecule has 0 rings (SSSR count). The Morgan fingerprint density at radius 2 is 2.00 bits per heavy atom. The van der Waals surface area contributed by atoms with Gasteiger partial charge in [-0.2, -0.15) is 0 Å². The van der Waals surface area contributed by atoms with Gasteiger partial charge in [0.15, 0.2) is 0 Å². The minimum absolute atomic E-state index is 0.955. The topological polar surface area (TPSA) is 0 Å². The van der Waals surface area contributed by atoms with Gasteiger partial charge in [0, 0.05) is 0 Å². The van der Waals surface area contributed by atoms with Crippen LogP contribution in [-0.2, 0) is 0 Å². The second-order valence-electron chi connectivity index (χ2n) is 2.37. The summed E-state index contributed by atoms with van der Waals surface area (Å²) in [7, 11) is 0. The van der Waals surface area contributed by atoms with E-state index in [2.05, 4.69) is 36.4 Å². The fraction of sp³-hybridized carbons (Fsp3) is 1.00. The Labute approximate surface area is 66.2 Å². The Kier molecular flexibility index (Phi) is 6.39. The number of hydrogen-bond acceptors (Lipinski definition) is 0. The van der Waals surface area contributed by atoms with Crippen LogP contribution in [0.25, 0.3) is 0 Å². The molecule has 1 heteroatoms. The second kappa shape index (κ2) is 5.86. The van der Waals surface area contributed by atoms with E-state index in [9.17, 15) is 0 Å². The normalized spacial score (nSPS) is 13.9. The van der Waals surface area contributed by atoms with E-state index in [1.807, 2.05) is 0 Å². The van der Waals surface area contributed by atoms with Crippen LogP contribution in [0.2, 0.25) is 0 Å². The first-order valence-corrected chi connectivity index (χ1v) is 4.89. The van der Waals surface area contributed by atoms with E-state index < -0.39 is 0 Å². The summed E-state index contributed by atoms with van der Waals surface area (Å²) < 4.78 is 1.32. The van der Waals surface area contributed by atoms with Crippen LogP contribution in [0, 0.1) is 5.92 Å². The van der Waals surface area contributed by atoms with Crippen molar-refractivity contribution in [2.75, 3.05) is 4.43 Å². The van der Waals surface area contributed by atoms with Gasteiger partial charge in [-0.1, -0.05) is 49.3 Å². The van der Waals surface area contributed by atoms with Gasteiger partial charge in [0.2, 0.25) is 0 Å². The van der Waals surface area contributed by atoms with Gasteiger partial charge in [-0.3, -0.25) is 0 Å². The van der Waals surface area contributed by atoms with Crippen LogP contribution in [0.4, 0.5) is 0 Å². The molecule has 0 saturated carbocycles. The van der Waals surface area contributed by atoms with Gasteiger partial charge in [-0.05, 0) is 16.8 Å². The summed E-state index contributed by atoms with van der Waals surface area (Å²) in [6.45, 7) is 4.59. The lowest BCUT2D eigenvalue weighted by Crippen LogP contribution is -1.92. The predicted molar refractivity (Wildman–Crippen MR) is 47.6 cm³/mol. The highest BCUT2D eigenvalue weighted by Crippen LogP contribution is 2.10. The monoisotopic (exact) mass is 226 g/mol. The summed E-state index contributed by atoms with van der Waals surface area (Å²) in [5, 5.41) is 0. The Morgan fingerprint density at radius 3 is 2.38 bits per heavy atom. The van der Waals surface area contributed by atoms with Crippen LogP contribution in [-0.4, -0.2) is 4.43 Å². The maximum Gasteiger partial charge on any atom is -0.000219 e. The Hall–Kier alpha value is 0.730. The van der Waals surface area contributed by atoms with E-state index in [1.54, 1.807) is 0 Å². The molecule has 0 amide bonds. The number of rotatable bonds is 4. The average molecular weight is 226 g/mol. The lowest BCUT2D eigenvalue weighted by molar-refractivity contribution is 0.516. The first-order chi connectivity index (χ1) is 3.81. The van der Waals surface area contributed by atoms with Gasteiger partial charge >= 0.3 is 0 Å². The highest BCUT2D eigenvalue weighted by Gasteiger charge is 1.96. The van der Waals surface area contributed by atoms with Crippen LogP contribution in [0.15, 0.2) is 0 Å². The lowest BCUT2D eigenvalue weighted by atomic mass is 10.0. The number of halogens is 1. The molecule has 0 aliphatic carbocycles. The summed E-state index contributed by atoms with van der Waals surface area (Å²) in [5.74, 6) is 0.955.